The van der Waals surface area contributed by atoms with Crippen LogP contribution < -0.4 is 16.8 Å². The Labute approximate surface area is 104 Å². The number of nitrogen functional groups attached to an aromatic ring is 1. The molecule has 2 rings (SSSR count). The van der Waals surface area contributed by atoms with Crippen molar-refractivity contribution in [1.82, 2.24) is 14.8 Å². The van der Waals surface area contributed by atoms with Crippen LogP contribution in [0.2, 0.25) is 0 Å². The van der Waals surface area contributed by atoms with E-state index in [9.17, 15) is 4.79 Å². The van der Waals surface area contributed by atoms with Gasteiger partial charge in [-0.3, -0.25) is 9.48 Å². The summed E-state index contributed by atoms with van der Waals surface area (Å²) in [5.41, 5.74) is 11.5. The van der Waals surface area contributed by atoms with Crippen molar-refractivity contribution in [3.05, 3.63) is 30.1 Å². The molecule has 2 heterocycles. The first-order chi connectivity index (χ1) is 8.60. The van der Waals surface area contributed by atoms with Crippen LogP contribution in [0.4, 0.5) is 17.3 Å². The number of rotatable bonds is 4. The average Bonchev–Trinajstić information content (AvgIpc) is 2.79. The number of nitrogens with two attached hydrogens (primary N) is 2. The molecule has 0 aliphatic heterocycles. The molecule has 94 valence electrons. The van der Waals surface area contributed by atoms with E-state index in [4.69, 9.17) is 11.5 Å². The quantitative estimate of drug-likeness (QED) is 0.736. The maximum Gasteiger partial charge on any atom is 0.267 e. The van der Waals surface area contributed by atoms with Crippen LogP contribution >= 0.6 is 0 Å². The van der Waals surface area contributed by atoms with Gasteiger partial charge in [0.2, 0.25) is 0 Å². The van der Waals surface area contributed by atoms with Crippen LogP contribution in [0.15, 0.2) is 24.4 Å². The Bertz CT molecular complexity index is 577. The van der Waals surface area contributed by atoms with Gasteiger partial charge in [0.1, 0.15) is 5.69 Å². The minimum Gasteiger partial charge on any atom is -0.396 e. The predicted molar refractivity (Wildman–Crippen MR) is 68.4 cm³/mol. The number of hydrogen-bond donors (Lipinski definition) is 3. The predicted octanol–water partition coefficient (Wildman–Crippen LogP) is 0.723. The number of primary amides is 1. The van der Waals surface area contributed by atoms with E-state index in [1.54, 1.807) is 16.8 Å². The minimum atomic E-state index is -0.600. The largest absolute Gasteiger partial charge is 0.396 e. The molecule has 0 aliphatic carbocycles. The molecule has 0 atom stereocenters. The number of nitrogens with zero attached hydrogens (tertiary/aromatic N) is 3. The van der Waals surface area contributed by atoms with Gasteiger partial charge < -0.3 is 16.8 Å². The first-order valence-electron chi connectivity index (χ1n) is 5.47. The fraction of sp³-hybridized carbons (Fsp3) is 0.182. The number of aromatic nitrogens is 3. The smallest absolute Gasteiger partial charge is 0.267 e. The zero-order valence-corrected chi connectivity index (χ0v) is 9.92. The SMILES string of the molecule is CCn1ccc(Nc2nc(C(N)=O)ccc2N)n1. The summed E-state index contributed by atoms with van der Waals surface area (Å²) in [6.45, 7) is 2.75. The molecule has 18 heavy (non-hydrogen) atoms. The van der Waals surface area contributed by atoms with Crippen LogP contribution in [-0.4, -0.2) is 20.7 Å². The Kier molecular flexibility index (Phi) is 3.13. The lowest BCUT2D eigenvalue weighted by Crippen LogP contribution is -2.14. The molecular formula is C11H14N6O. The average molecular weight is 246 g/mol. The Morgan fingerprint density at radius 3 is 2.83 bits per heavy atom. The minimum absolute atomic E-state index is 0.154. The second-order valence-electron chi connectivity index (χ2n) is 3.68. The number of carbonyl (C=O) groups excluding carboxylic acids is 1. The van der Waals surface area contributed by atoms with Gasteiger partial charge in [0.15, 0.2) is 11.6 Å². The van der Waals surface area contributed by atoms with Gasteiger partial charge in [-0.25, -0.2) is 4.98 Å². The van der Waals surface area contributed by atoms with Crippen molar-refractivity contribution in [2.45, 2.75) is 13.5 Å². The maximum atomic E-state index is 11.0. The highest BCUT2D eigenvalue weighted by Crippen LogP contribution is 2.19. The summed E-state index contributed by atoms with van der Waals surface area (Å²) in [7, 11) is 0. The van der Waals surface area contributed by atoms with Gasteiger partial charge >= 0.3 is 0 Å². The normalized spacial score (nSPS) is 10.3. The van der Waals surface area contributed by atoms with Crippen molar-refractivity contribution in [2.75, 3.05) is 11.1 Å². The second-order valence-corrected chi connectivity index (χ2v) is 3.68. The summed E-state index contributed by atoms with van der Waals surface area (Å²) in [4.78, 5) is 15.1. The number of aryl methyl sites for hydroxylation is 1. The summed E-state index contributed by atoms with van der Waals surface area (Å²) in [5.74, 6) is 0.377. The third-order valence-electron chi connectivity index (χ3n) is 2.39. The molecule has 2 aromatic heterocycles. The number of pyridine rings is 1. The van der Waals surface area contributed by atoms with Crippen LogP contribution in [0.1, 0.15) is 17.4 Å². The molecule has 0 aromatic carbocycles. The second kappa shape index (κ2) is 4.74. The van der Waals surface area contributed by atoms with E-state index < -0.39 is 5.91 Å². The fourth-order valence-corrected chi connectivity index (χ4v) is 1.43. The molecule has 0 saturated carbocycles. The molecule has 0 saturated heterocycles. The van der Waals surface area contributed by atoms with E-state index >= 15 is 0 Å². The summed E-state index contributed by atoms with van der Waals surface area (Å²) in [6.07, 6.45) is 1.83. The van der Waals surface area contributed by atoms with E-state index in [1.807, 2.05) is 13.1 Å². The van der Waals surface area contributed by atoms with Crippen molar-refractivity contribution >= 4 is 23.2 Å². The molecular weight excluding hydrogens is 232 g/mol. The summed E-state index contributed by atoms with van der Waals surface area (Å²) < 4.78 is 1.76. The number of hydrogen-bond acceptors (Lipinski definition) is 5. The van der Waals surface area contributed by atoms with E-state index in [-0.39, 0.29) is 5.69 Å². The van der Waals surface area contributed by atoms with Gasteiger partial charge in [-0.1, -0.05) is 0 Å². The zero-order valence-electron chi connectivity index (χ0n) is 9.92. The summed E-state index contributed by atoms with van der Waals surface area (Å²) >= 11 is 0. The van der Waals surface area contributed by atoms with Crippen molar-refractivity contribution < 1.29 is 4.79 Å². The van der Waals surface area contributed by atoms with Crippen molar-refractivity contribution in [1.29, 1.82) is 0 Å². The van der Waals surface area contributed by atoms with Gasteiger partial charge in [-0.05, 0) is 19.1 Å². The van der Waals surface area contributed by atoms with E-state index in [1.165, 1.54) is 6.07 Å². The van der Waals surface area contributed by atoms with Crippen LogP contribution in [0.3, 0.4) is 0 Å². The maximum absolute atomic E-state index is 11.0. The van der Waals surface area contributed by atoms with Gasteiger partial charge in [0.25, 0.3) is 5.91 Å². The molecule has 0 spiro atoms. The highest BCUT2D eigenvalue weighted by Gasteiger charge is 2.08. The van der Waals surface area contributed by atoms with Crippen LogP contribution in [-0.2, 0) is 6.54 Å². The molecule has 5 N–H and O–H groups in total. The van der Waals surface area contributed by atoms with E-state index in [0.29, 0.717) is 17.3 Å². The van der Waals surface area contributed by atoms with Crippen LogP contribution in [0.25, 0.3) is 0 Å². The van der Waals surface area contributed by atoms with Crippen LogP contribution in [0, 0.1) is 0 Å². The van der Waals surface area contributed by atoms with Crippen molar-refractivity contribution in [2.24, 2.45) is 5.73 Å². The lowest BCUT2D eigenvalue weighted by Gasteiger charge is -2.06. The van der Waals surface area contributed by atoms with E-state index in [0.717, 1.165) is 6.54 Å². The molecule has 0 radical (unpaired) electrons. The Balaban J connectivity index is 2.27. The third-order valence-corrected chi connectivity index (χ3v) is 2.39. The number of nitrogens with one attached hydrogen (secondary N) is 1. The van der Waals surface area contributed by atoms with Gasteiger partial charge in [-0.2, -0.15) is 5.10 Å². The molecule has 0 fully saturated rings. The topological polar surface area (TPSA) is 112 Å². The molecule has 0 unspecified atom stereocenters. The third kappa shape index (κ3) is 2.40. The van der Waals surface area contributed by atoms with E-state index in [2.05, 4.69) is 15.4 Å². The van der Waals surface area contributed by atoms with Gasteiger partial charge in [-0.15, -0.1) is 0 Å². The molecule has 2 aromatic rings. The molecule has 7 nitrogen and oxygen atoms in total. The lowest BCUT2D eigenvalue weighted by molar-refractivity contribution is 0.0996. The number of amides is 1. The van der Waals surface area contributed by atoms with Gasteiger partial charge in [0.05, 0.1) is 5.69 Å². The zero-order chi connectivity index (χ0) is 13.1. The Morgan fingerprint density at radius 1 is 1.44 bits per heavy atom. The van der Waals surface area contributed by atoms with Crippen molar-refractivity contribution in [3.8, 4) is 0 Å². The number of anilines is 3. The Hall–Kier alpha value is -2.57. The number of carbonyl (C=O) groups is 1. The monoisotopic (exact) mass is 246 g/mol. The molecule has 7 heteroatoms. The fourth-order valence-electron chi connectivity index (χ4n) is 1.43. The van der Waals surface area contributed by atoms with Gasteiger partial charge in [0, 0.05) is 18.8 Å². The molecule has 0 bridgehead atoms. The summed E-state index contributed by atoms with van der Waals surface area (Å²) in [6, 6.07) is 4.85. The Morgan fingerprint density at radius 2 is 2.22 bits per heavy atom. The summed E-state index contributed by atoms with van der Waals surface area (Å²) in [5, 5.41) is 7.18. The standard InChI is InChI=1S/C11H14N6O/c1-2-17-6-5-9(16-17)15-11-7(12)3-4-8(14-11)10(13)18/h3-6H,2,12H2,1H3,(H2,13,18)(H,14,15,16). The first kappa shape index (κ1) is 11.9. The molecule has 0 aliphatic rings. The van der Waals surface area contributed by atoms with Crippen molar-refractivity contribution in [3.63, 3.8) is 0 Å². The highest BCUT2D eigenvalue weighted by molar-refractivity contribution is 5.92. The highest BCUT2D eigenvalue weighted by atomic mass is 16.1. The first-order valence-corrected chi connectivity index (χ1v) is 5.47. The molecule has 1 amide bonds. The van der Waals surface area contributed by atoms with Crippen LogP contribution in [0.5, 0.6) is 0 Å². The lowest BCUT2D eigenvalue weighted by atomic mass is 10.3.